The van der Waals surface area contributed by atoms with Gasteiger partial charge in [-0.05, 0) is 66.2 Å². The number of nitrogens with zero attached hydrogens (tertiary/aromatic N) is 1. The van der Waals surface area contributed by atoms with Gasteiger partial charge in [0, 0.05) is 12.1 Å². The Morgan fingerprint density at radius 1 is 1.12 bits per heavy atom. The predicted octanol–water partition coefficient (Wildman–Crippen LogP) is 6.83. The molecule has 1 heteroatoms. The van der Waals surface area contributed by atoms with E-state index in [9.17, 15) is 0 Å². The van der Waals surface area contributed by atoms with Gasteiger partial charge in [-0.25, -0.2) is 0 Å². The molecule has 1 aromatic carbocycles. The molecule has 0 amide bonds. The average molecular weight is 344 g/mol. The van der Waals surface area contributed by atoms with Crippen LogP contribution in [0.2, 0.25) is 0 Å². The van der Waals surface area contributed by atoms with Gasteiger partial charge in [-0.2, -0.15) is 0 Å². The predicted molar refractivity (Wildman–Crippen MR) is 113 cm³/mol. The first-order chi connectivity index (χ1) is 12.4. The third-order valence-electron chi connectivity index (χ3n) is 5.29. The summed E-state index contributed by atoms with van der Waals surface area (Å²) in [5, 5.41) is 0. The molecule has 0 spiro atoms. The van der Waals surface area contributed by atoms with Crippen molar-refractivity contribution in [3.8, 4) is 0 Å². The van der Waals surface area contributed by atoms with E-state index in [1.165, 1.54) is 27.8 Å². The molecule has 0 radical (unpaired) electrons. The van der Waals surface area contributed by atoms with Gasteiger partial charge in [0.25, 0.3) is 0 Å². The lowest BCUT2D eigenvalue weighted by atomic mass is 9.79. The van der Waals surface area contributed by atoms with Crippen molar-refractivity contribution in [2.75, 3.05) is 0 Å². The Hall–Kier alpha value is -2.41. The number of aromatic nitrogens is 1. The van der Waals surface area contributed by atoms with Crippen molar-refractivity contribution in [1.29, 1.82) is 0 Å². The van der Waals surface area contributed by atoms with Gasteiger partial charge in [-0.3, -0.25) is 4.98 Å². The van der Waals surface area contributed by atoms with Crippen molar-refractivity contribution in [3.63, 3.8) is 0 Å². The fraction of sp³-hybridized carbons (Fsp3) is 0.320. The maximum Gasteiger partial charge on any atom is 0.0670 e. The first-order valence-corrected chi connectivity index (χ1v) is 9.47. The second kappa shape index (κ2) is 7.45. The lowest BCUT2D eigenvalue weighted by Crippen LogP contribution is -2.14. The molecule has 3 rings (SSSR count). The number of pyridine rings is 1. The van der Waals surface area contributed by atoms with Gasteiger partial charge < -0.3 is 0 Å². The maximum atomic E-state index is 4.75. The molecule has 26 heavy (non-hydrogen) atoms. The summed E-state index contributed by atoms with van der Waals surface area (Å²) < 4.78 is 0. The average Bonchev–Trinajstić information content (AvgIpc) is 2.67. The third-order valence-corrected chi connectivity index (χ3v) is 5.29. The van der Waals surface area contributed by atoms with Gasteiger partial charge in [0.2, 0.25) is 0 Å². The van der Waals surface area contributed by atoms with E-state index in [1.54, 1.807) is 0 Å². The van der Waals surface area contributed by atoms with Crippen LogP contribution in [0.5, 0.6) is 0 Å². The van der Waals surface area contributed by atoms with Crippen LogP contribution < -0.4 is 0 Å². The zero-order valence-electron chi connectivity index (χ0n) is 16.6. The molecule has 0 saturated heterocycles. The van der Waals surface area contributed by atoms with Crippen molar-refractivity contribution in [1.82, 2.24) is 4.98 Å². The van der Waals surface area contributed by atoms with Crippen LogP contribution in [0.15, 0.2) is 72.5 Å². The minimum atomic E-state index is 0.121. The van der Waals surface area contributed by atoms with Gasteiger partial charge in [-0.1, -0.05) is 68.8 Å². The summed E-state index contributed by atoms with van der Waals surface area (Å²) in [5.41, 5.74) is 7.85. The Morgan fingerprint density at radius 2 is 1.85 bits per heavy atom. The summed E-state index contributed by atoms with van der Waals surface area (Å²) in [5.74, 6) is 0.398. The molecule has 0 N–H and O–H groups in total. The molecule has 1 aromatic heterocycles. The van der Waals surface area contributed by atoms with Crippen LogP contribution in [0.1, 0.15) is 57.9 Å². The molecule has 0 saturated carbocycles. The molecule has 0 bridgehead atoms. The molecule has 0 fully saturated rings. The summed E-state index contributed by atoms with van der Waals surface area (Å²) in [6, 6.07) is 15.0. The van der Waals surface area contributed by atoms with Crippen LogP contribution in [-0.4, -0.2) is 4.98 Å². The summed E-state index contributed by atoms with van der Waals surface area (Å²) in [6.07, 6.45) is 9.91. The van der Waals surface area contributed by atoms with Gasteiger partial charge in [0.1, 0.15) is 0 Å². The van der Waals surface area contributed by atoms with Gasteiger partial charge in [0.05, 0.1) is 5.69 Å². The second-order valence-electron chi connectivity index (χ2n) is 8.13. The highest BCUT2D eigenvalue weighted by Crippen LogP contribution is 2.39. The third kappa shape index (κ3) is 3.88. The molecule has 1 unspecified atom stereocenters. The molecule has 2 aromatic rings. The largest absolute Gasteiger partial charge is 0.257 e. The minimum Gasteiger partial charge on any atom is -0.257 e. The van der Waals surface area contributed by atoms with Crippen LogP contribution in [0, 0.1) is 5.92 Å². The first-order valence-electron chi connectivity index (χ1n) is 9.47. The first kappa shape index (κ1) is 18.4. The molecule has 1 aliphatic carbocycles. The van der Waals surface area contributed by atoms with E-state index in [2.05, 4.69) is 95.3 Å². The van der Waals surface area contributed by atoms with E-state index in [0.29, 0.717) is 5.92 Å². The number of benzene rings is 1. The van der Waals surface area contributed by atoms with Crippen molar-refractivity contribution < 1.29 is 0 Å². The van der Waals surface area contributed by atoms with E-state index in [0.717, 1.165) is 12.1 Å². The molecule has 134 valence electrons. The van der Waals surface area contributed by atoms with E-state index < -0.39 is 0 Å². The highest BCUT2D eigenvalue weighted by Gasteiger charge is 2.23. The van der Waals surface area contributed by atoms with Crippen molar-refractivity contribution in [3.05, 3.63) is 89.3 Å². The lowest BCUT2D eigenvalue weighted by Gasteiger charge is -2.26. The van der Waals surface area contributed by atoms with E-state index in [1.807, 2.05) is 6.20 Å². The standard InChI is InChI=1S/C25H29N/c1-6-18(2)22-13-12-20(19-10-8-7-9-11-19)16-23(22)24-17-21(14-15-26-24)25(3,4)5/h6-12,14-17,22H,13H2,1-5H3. The Kier molecular flexibility index (Phi) is 5.27. The number of allylic oxidation sites excluding steroid dienone is 6. The van der Waals surface area contributed by atoms with Crippen LogP contribution in [-0.2, 0) is 5.41 Å². The maximum absolute atomic E-state index is 4.75. The Labute approximate surface area is 158 Å². The van der Waals surface area contributed by atoms with Crippen molar-refractivity contribution in [2.45, 2.75) is 46.5 Å². The van der Waals surface area contributed by atoms with Crippen molar-refractivity contribution >= 4 is 11.1 Å². The topological polar surface area (TPSA) is 12.9 Å². The molecule has 0 aliphatic heterocycles. The fourth-order valence-electron chi connectivity index (χ4n) is 3.47. The van der Waals surface area contributed by atoms with Gasteiger partial charge >= 0.3 is 0 Å². The smallest absolute Gasteiger partial charge is 0.0670 e. The van der Waals surface area contributed by atoms with E-state index in [-0.39, 0.29) is 5.41 Å². The summed E-state index contributed by atoms with van der Waals surface area (Å²) in [7, 11) is 0. The molecular weight excluding hydrogens is 314 g/mol. The highest BCUT2D eigenvalue weighted by molar-refractivity contribution is 5.86. The summed E-state index contributed by atoms with van der Waals surface area (Å²) >= 11 is 0. The summed E-state index contributed by atoms with van der Waals surface area (Å²) in [4.78, 5) is 4.75. The minimum absolute atomic E-state index is 0.121. The van der Waals surface area contributed by atoms with Crippen molar-refractivity contribution in [2.24, 2.45) is 5.92 Å². The molecule has 1 heterocycles. The summed E-state index contributed by atoms with van der Waals surface area (Å²) in [6.45, 7) is 11.1. The lowest BCUT2D eigenvalue weighted by molar-refractivity contribution is 0.588. The van der Waals surface area contributed by atoms with Gasteiger partial charge in [0.15, 0.2) is 0 Å². The highest BCUT2D eigenvalue weighted by atomic mass is 14.7. The Bertz CT molecular complexity index is 861. The second-order valence-corrected chi connectivity index (χ2v) is 8.13. The molecule has 1 nitrogen and oxygen atoms in total. The monoisotopic (exact) mass is 343 g/mol. The Balaban J connectivity index is 2.09. The molecule has 1 aliphatic rings. The Morgan fingerprint density at radius 3 is 2.50 bits per heavy atom. The molecular formula is C25H29N. The van der Waals surface area contributed by atoms with E-state index >= 15 is 0 Å². The van der Waals surface area contributed by atoms with Crippen LogP contribution >= 0.6 is 0 Å². The van der Waals surface area contributed by atoms with Crippen LogP contribution in [0.25, 0.3) is 11.1 Å². The fourth-order valence-corrected chi connectivity index (χ4v) is 3.47. The number of hydrogen-bond acceptors (Lipinski definition) is 1. The van der Waals surface area contributed by atoms with E-state index in [4.69, 9.17) is 4.98 Å². The zero-order chi connectivity index (χ0) is 18.7. The quantitative estimate of drug-likeness (QED) is 0.556. The van der Waals surface area contributed by atoms with Crippen LogP contribution in [0.4, 0.5) is 0 Å². The number of hydrogen-bond donors (Lipinski definition) is 0. The normalized spacial score (nSPS) is 18.3. The van der Waals surface area contributed by atoms with Crippen LogP contribution in [0.3, 0.4) is 0 Å². The SMILES string of the molecule is CC=C(C)C1CC=C(c2ccccc2)C=C1c1cc(C(C)(C)C)ccn1. The van der Waals surface area contributed by atoms with Gasteiger partial charge in [-0.15, -0.1) is 0 Å². The number of rotatable bonds is 3. The zero-order valence-corrected chi connectivity index (χ0v) is 16.6. The molecule has 1 atom stereocenters.